The van der Waals surface area contributed by atoms with E-state index in [4.69, 9.17) is 0 Å². The van der Waals surface area contributed by atoms with Crippen LogP contribution in [0.5, 0.6) is 0 Å². The summed E-state index contributed by atoms with van der Waals surface area (Å²) in [6.45, 7) is 8.23. The first kappa shape index (κ1) is 15.3. The summed E-state index contributed by atoms with van der Waals surface area (Å²) in [7, 11) is 0. The Balaban J connectivity index is 2.37. The van der Waals surface area contributed by atoms with Gasteiger partial charge in [0.15, 0.2) is 0 Å². The van der Waals surface area contributed by atoms with Crippen molar-refractivity contribution in [2.24, 2.45) is 0 Å². The Morgan fingerprint density at radius 2 is 1.89 bits per heavy atom. The van der Waals surface area contributed by atoms with Crippen molar-refractivity contribution in [3.05, 3.63) is 35.9 Å². The number of carbonyl (C=O) groups excluding carboxylic acids is 1. The Labute approximate surface area is 115 Å². The lowest BCUT2D eigenvalue weighted by atomic mass is 10.1. The van der Waals surface area contributed by atoms with Gasteiger partial charge in [0.25, 0.3) is 0 Å². The lowest BCUT2D eigenvalue weighted by molar-refractivity contribution is -0.124. The number of hydrogen-bond acceptors (Lipinski definition) is 2. The molecule has 1 atom stereocenters. The zero-order valence-electron chi connectivity index (χ0n) is 12.1. The molecular weight excluding hydrogens is 236 g/mol. The van der Waals surface area contributed by atoms with Crippen LogP contribution in [0.4, 0.5) is 0 Å². The molecule has 0 spiro atoms. The average molecular weight is 258 g/mol. The van der Waals surface area contributed by atoms with Gasteiger partial charge in [-0.3, -0.25) is 10.1 Å². The molecule has 0 bridgehead atoms. The Hall–Kier alpha value is -1.79. The fraction of sp³-hybridized carbons (Fsp3) is 0.438. The van der Waals surface area contributed by atoms with Crippen LogP contribution in [-0.4, -0.2) is 24.0 Å². The van der Waals surface area contributed by atoms with E-state index in [-0.39, 0.29) is 17.5 Å². The number of amides is 1. The van der Waals surface area contributed by atoms with Crippen LogP contribution >= 0.6 is 0 Å². The van der Waals surface area contributed by atoms with Gasteiger partial charge in [0.05, 0.1) is 12.6 Å². The molecule has 0 aliphatic rings. The van der Waals surface area contributed by atoms with Gasteiger partial charge in [0.2, 0.25) is 5.91 Å². The van der Waals surface area contributed by atoms with Crippen LogP contribution in [0.2, 0.25) is 0 Å². The summed E-state index contributed by atoms with van der Waals surface area (Å²) in [5, 5.41) is 6.02. The summed E-state index contributed by atoms with van der Waals surface area (Å²) in [6, 6.07) is 9.55. The largest absolute Gasteiger partial charge is 0.350 e. The van der Waals surface area contributed by atoms with E-state index < -0.39 is 0 Å². The lowest BCUT2D eigenvalue weighted by Gasteiger charge is -2.23. The maximum Gasteiger partial charge on any atom is 0.237 e. The quantitative estimate of drug-likeness (QED) is 0.813. The van der Waals surface area contributed by atoms with Gasteiger partial charge in [-0.1, -0.05) is 30.0 Å². The van der Waals surface area contributed by atoms with E-state index in [1.165, 1.54) is 0 Å². The maximum atomic E-state index is 11.8. The summed E-state index contributed by atoms with van der Waals surface area (Å²) < 4.78 is 0. The fourth-order valence-corrected chi connectivity index (χ4v) is 1.44. The number of rotatable bonds is 3. The molecule has 0 saturated carbocycles. The van der Waals surface area contributed by atoms with Gasteiger partial charge >= 0.3 is 0 Å². The van der Waals surface area contributed by atoms with E-state index in [1.54, 1.807) is 0 Å². The molecule has 1 aromatic rings. The molecule has 3 heteroatoms. The summed E-state index contributed by atoms with van der Waals surface area (Å²) in [5.74, 6) is 6.05. The molecule has 3 nitrogen and oxygen atoms in total. The van der Waals surface area contributed by atoms with Gasteiger partial charge in [0, 0.05) is 11.1 Å². The molecule has 0 fully saturated rings. The van der Waals surface area contributed by atoms with Gasteiger partial charge in [-0.05, 0) is 39.8 Å². The Bertz CT molecular complexity index is 463. The third kappa shape index (κ3) is 6.64. The smallest absolute Gasteiger partial charge is 0.237 e. The first-order valence-electron chi connectivity index (χ1n) is 6.48. The average Bonchev–Trinajstić information content (AvgIpc) is 2.33. The van der Waals surface area contributed by atoms with Crippen molar-refractivity contribution in [3.8, 4) is 11.8 Å². The van der Waals surface area contributed by atoms with Gasteiger partial charge in [0.1, 0.15) is 0 Å². The highest BCUT2D eigenvalue weighted by Crippen LogP contribution is 1.99. The van der Waals surface area contributed by atoms with E-state index in [0.29, 0.717) is 6.54 Å². The minimum Gasteiger partial charge on any atom is -0.350 e. The number of hydrogen-bond donors (Lipinski definition) is 2. The van der Waals surface area contributed by atoms with Crippen molar-refractivity contribution in [2.45, 2.75) is 39.3 Å². The fourth-order valence-electron chi connectivity index (χ4n) is 1.44. The second-order valence-electron chi connectivity index (χ2n) is 5.51. The maximum absolute atomic E-state index is 11.8. The van der Waals surface area contributed by atoms with Gasteiger partial charge in [-0.15, -0.1) is 0 Å². The normalized spacial score (nSPS) is 12.2. The Morgan fingerprint density at radius 3 is 2.47 bits per heavy atom. The van der Waals surface area contributed by atoms with Crippen molar-refractivity contribution < 1.29 is 4.79 Å². The predicted octanol–water partition coefficient (Wildman–Crippen LogP) is 1.93. The molecule has 1 amide bonds. The Morgan fingerprint density at radius 1 is 1.26 bits per heavy atom. The number of carbonyl (C=O) groups is 1. The minimum absolute atomic E-state index is 0.00555. The van der Waals surface area contributed by atoms with E-state index >= 15 is 0 Å². The van der Waals surface area contributed by atoms with E-state index in [2.05, 4.69) is 22.5 Å². The molecule has 0 saturated heterocycles. The monoisotopic (exact) mass is 258 g/mol. The molecular formula is C16H22N2O. The zero-order chi connectivity index (χ0) is 14.3. The van der Waals surface area contributed by atoms with Crippen LogP contribution in [0.3, 0.4) is 0 Å². The third-order valence-electron chi connectivity index (χ3n) is 2.39. The van der Waals surface area contributed by atoms with E-state index in [1.807, 2.05) is 58.0 Å². The predicted molar refractivity (Wildman–Crippen MR) is 78.7 cm³/mol. The van der Waals surface area contributed by atoms with E-state index in [9.17, 15) is 4.79 Å². The first-order valence-corrected chi connectivity index (χ1v) is 6.48. The summed E-state index contributed by atoms with van der Waals surface area (Å²) in [6.07, 6.45) is 0. The molecule has 1 unspecified atom stereocenters. The van der Waals surface area contributed by atoms with Crippen LogP contribution in [0, 0.1) is 11.8 Å². The summed E-state index contributed by atoms with van der Waals surface area (Å²) in [5.41, 5.74) is 0.777. The molecule has 1 rings (SSSR count). The lowest BCUT2D eigenvalue weighted by Crippen LogP contribution is -2.49. The molecule has 102 valence electrons. The van der Waals surface area contributed by atoms with Crippen LogP contribution in [0.25, 0.3) is 0 Å². The molecule has 0 aliphatic carbocycles. The second-order valence-corrected chi connectivity index (χ2v) is 5.51. The topological polar surface area (TPSA) is 41.1 Å². The van der Waals surface area contributed by atoms with Crippen LogP contribution in [0.1, 0.15) is 33.3 Å². The Kier molecular flexibility index (Phi) is 5.59. The number of nitrogens with one attached hydrogen (secondary N) is 2. The number of benzene rings is 1. The molecule has 0 aromatic heterocycles. The molecule has 0 aliphatic heterocycles. The van der Waals surface area contributed by atoms with Crippen LogP contribution in [-0.2, 0) is 4.79 Å². The second kappa shape index (κ2) is 6.96. The van der Waals surface area contributed by atoms with Crippen molar-refractivity contribution >= 4 is 5.91 Å². The van der Waals surface area contributed by atoms with Crippen LogP contribution < -0.4 is 10.6 Å². The van der Waals surface area contributed by atoms with Crippen molar-refractivity contribution in [1.82, 2.24) is 10.6 Å². The van der Waals surface area contributed by atoms with Crippen molar-refractivity contribution in [1.29, 1.82) is 0 Å². The summed E-state index contributed by atoms with van der Waals surface area (Å²) in [4.78, 5) is 11.8. The highest BCUT2D eigenvalue weighted by Gasteiger charge is 2.18. The minimum atomic E-state index is -0.246. The van der Waals surface area contributed by atoms with Gasteiger partial charge in [-0.2, -0.15) is 0 Å². The van der Waals surface area contributed by atoms with E-state index in [0.717, 1.165) is 5.56 Å². The zero-order valence-corrected chi connectivity index (χ0v) is 12.1. The molecule has 0 heterocycles. The SMILES string of the molecule is CC(NCC#Cc1ccccc1)C(=O)NC(C)(C)C. The van der Waals surface area contributed by atoms with Gasteiger partial charge < -0.3 is 5.32 Å². The molecule has 19 heavy (non-hydrogen) atoms. The molecule has 1 aromatic carbocycles. The highest BCUT2D eigenvalue weighted by molar-refractivity contribution is 5.81. The van der Waals surface area contributed by atoms with Crippen molar-refractivity contribution in [3.63, 3.8) is 0 Å². The van der Waals surface area contributed by atoms with Crippen LogP contribution in [0.15, 0.2) is 30.3 Å². The standard InChI is InChI=1S/C16H22N2O/c1-13(15(19)18-16(2,3)4)17-12-8-11-14-9-6-5-7-10-14/h5-7,9-10,13,17H,12H2,1-4H3,(H,18,19). The highest BCUT2D eigenvalue weighted by atomic mass is 16.2. The first-order chi connectivity index (χ1) is 8.88. The molecule has 0 radical (unpaired) electrons. The molecule has 2 N–H and O–H groups in total. The summed E-state index contributed by atoms with van der Waals surface area (Å²) >= 11 is 0. The van der Waals surface area contributed by atoms with Gasteiger partial charge in [-0.25, -0.2) is 0 Å². The van der Waals surface area contributed by atoms with Crippen molar-refractivity contribution in [2.75, 3.05) is 6.54 Å². The third-order valence-corrected chi connectivity index (χ3v) is 2.39.